The number of allylic oxidation sites excluding steroid dienone is 1. The van der Waals surface area contributed by atoms with E-state index in [0.29, 0.717) is 0 Å². The summed E-state index contributed by atoms with van der Waals surface area (Å²) in [7, 11) is 4.03. The summed E-state index contributed by atoms with van der Waals surface area (Å²) < 4.78 is 0. The van der Waals surface area contributed by atoms with Crippen LogP contribution in [-0.2, 0) is 4.79 Å². The fourth-order valence-corrected chi connectivity index (χ4v) is 1.88. The Morgan fingerprint density at radius 2 is 2.25 bits per heavy atom. The summed E-state index contributed by atoms with van der Waals surface area (Å²) >= 11 is 0. The van der Waals surface area contributed by atoms with Crippen molar-refractivity contribution in [1.82, 2.24) is 4.90 Å². The third-order valence-electron chi connectivity index (χ3n) is 2.67. The quantitative estimate of drug-likeness (QED) is 0.458. The summed E-state index contributed by atoms with van der Waals surface area (Å²) in [5.74, 6) is 0. The van der Waals surface area contributed by atoms with Crippen molar-refractivity contribution < 1.29 is 4.79 Å². The molecule has 12 heavy (non-hydrogen) atoms. The standard InChI is InChI=1S/C10H17NO/c1-10(8-12)7-5-4-6-9(10)11(2)3/h4,6,8-9H,5,7H2,1-3H3. The molecule has 2 nitrogen and oxygen atoms in total. The highest BCUT2D eigenvalue weighted by molar-refractivity contribution is 5.61. The van der Waals surface area contributed by atoms with Crippen molar-refractivity contribution in [3.8, 4) is 0 Å². The monoisotopic (exact) mass is 167 g/mol. The van der Waals surface area contributed by atoms with Crippen molar-refractivity contribution >= 4 is 6.29 Å². The molecule has 0 saturated carbocycles. The maximum atomic E-state index is 10.9. The van der Waals surface area contributed by atoms with Gasteiger partial charge in [-0.1, -0.05) is 19.1 Å². The van der Waals surface area contributed by atoms with Crippen molar-refractivity contribution in [1.29, 1.82) is 0 Å². The van der Waals surface area contributed by atoms with Crippen LogP contribution >= 0.6 is 0 Å². The van der Waals surface area contributed by atoms with Crippen molar-refractivity contribution in [3.63, 3.8) is 0 Å². The van der Waals surface area contributed by atoms with Gasteiger partial charge in [-0.25, -0.2) is 0 Å². The van der Waals surface area contributed by atoms with Gasteiger partial charge in [-0.3, -0.25) is 0 Å². The highest BCUT2D eigenvalue weighted by Crippen LogP contribution is 2.32. The van der Waals surface area contributed by atoms with Gasteiger partial charge in [0.05, 0.1) is 0 Å². The van der Waals surface area contributed by atoms with E-state index < -0.39 is 0 Å². The van der Waals surface area contributed by atoms with Crippen LogP contribution in [0.1, 0.15) is 19.8 Å². The Hall–Kier alpha value is -0.630. The average Bonchev–Trinajstić information content (AvgIpc) is 2.05. The molecule has 2 atom stereocenters. The van der Waals surface area contributed by atoms with Gasteiger partial charge in [-0.15, -0.1) is 0 Å². The number of rotatable bonds is 2. The minimum Gasteiger partial charge on any atom is -0.303 e. The summed E-state index contributed by atoms with van der Waals surface area (Å²) in [6.07, 6.45) is 7.39. The minimum atomic E-state index is -0.182. The number of aldehydes is 1. The maximum Gasteiger partial charge on any atom is 0.127 e. The average molecular weight is 167 g/mol. The molecule has 0 saturated heterocycles. The Labute approximate surface area is 74.2 Å². The lowest BCUT2D eigenvalue weighted by molar-refractivity contribution is -0.118. The van der Waals surface area contributed by atoms with Gasteiger partial charge in [-0.2, -0.15) is 0 Å². The van der Waals surface area contributed by atoms with Crippen LogP contribution in [0.5, 0.6) is 0 Å². The van der Waals surface area contributed by atoms with Gasteiger partial charge in [0.25, 0.3) is 0 Å². The van der Waals surface area contributed by atoms with Crippen LogP contribution in [0.3, 0.4) is 0 Å². The zero-order valence-electron chi connectivity index (χ0n) is 8.08. The van der Waals surface area contributed by atoms with Gasteiger partial charge < -0.3 is 9.69 Å². The highest BCUT2D eigenvalue weighted by Gasteiger charge is 2.34. The zero-order valence-corrected chi connectivity index (χ0v) is 8.08. The molecule has 1 aliphatic carbocycles. The molecule has 2 heteroatoms. The molecule has 2 unspecified atom stereocenters. The van der Waals surface area contributed by atoms with Crippen molar-refractivity contribution in [2.75, 3.05) is 14.1 Å². The van der Waals surface area contributed by atoms with Gasteiger partial charge in [0, 0.05) is 11.5 Å². The molecule has 0 N–H and O–H groups in total. The van der Waals surface area contributed by atoms with Gasteiger partial charge in [-0.05, 0) is 26.9 Å². The predicted molar refractivity (Wildman–Crippen MR) is 50.0 cm³/mol. The number of nitrogens with zero attached hydrogens (tertiary/aromatic N) is 1. The SMILES string of the molecule is CN(C)C1C=CCCC1(C)C=O. The van der Waals surface area contributed by atoms with E-state index >= 15 is 0 Å². The predicted octanol–water partition coefficient (Wildman–Crippen LogP) is 1.47. The second-order valence-electron chi connectivity index (χ2n) is 4.00. The third kappa shape index (κ3) is 1.58. The first-order valence-corrected chi connectivity index (χ1v) is 4.39. The van der Waals surface area contributed by atoms with Gasteiger partial charge >= 0.3 is 0 Å². The van der Waals surface area contributed by atoms with Crippen LogP contribution in [0, 0.1) is 5.41 Å². The Kier molecular flexibility index (Phi) is 2.68. The Morgan fingerprint density at radius 1 is 1.58 bits per heavy atom. The first-order chi connectivity index (χ1) is 5.60. The molecule has 68 valence electrons. The summed E-state index contributed by atoms with van der Waals surface area (Å²) in [5.41, 5.74) is -0.182. The molecule has 1 rings (SSSR count). The van der Waals surface area contributed by atoms with E-state index in [0.717, 1.165) is 19.1 Å². The Bertz CT molecular complexity index is 198. The molecule has 0 aromatic rings. The van der Waals surface area contributed by atoms with E-state index in [1.165, 1.54) is 0 Å². The summed E-state index contributed by atoms with van der Waals surface area (Å²) in [4.78, 5) is 13.0. The molecule has 0 radical (unpaired) electrons. The van der Waals surface area contributed by atoms with E-state index in [1.54, 1.807) is 0 Å². The second kappa shape index (κ2) is 3.40. The molecule has 1 aliphatic rings. The Balaban J connectivity index is 2.85. The maximum absolute atomic E-state index is 10.9. The summed E-state index contributed by atoms with van der Waals surface area (Å²) in [6, 6.07) is 0.267. The fourth-order valence-electron chi connectivity index (χ4n) is 1.88. The van der Waals surface area contributed by atoms with Crippen LogP contribution in [0.15, 0.2) is 12.2 Å². The molecule has 0 bridgehead atoms. The van der Waals surface area contributed by atoms with E-state index in [4.69, 9.17) is 0 Å². The molecule has 0 fully saturated rings. The first kappa shape index (κ1) is 9.46. The molecule has 0 spiro atoms. The summed E-state index contributed by atoms with van der Waals surface area (Å²) in [5, 5.41) is 0. The van der Waals surface area contributed by atoms with Crippen molar-refractivity contribution in [2.24, 2.45) is 5.41 Å². The number of carbonyl (C=O) groups excluding carboxylic acids is 1. The lowest BCUT2D eigenvalue weighted by atomic mass is 9.76. The van der Waals surface area contributed by atoms with E-state index in [9.17, 15) is 4.79 Å². The first-order valence-electron chi connectivity index (χ1n) is 4.39. The molecular weight excluding hydrogens is 150 g/mol. The largest absolute Gasteiger partial charge is 0.303 e. The van der Waals surface area contributed by atoms with Crippen LogP contribution in [0.25, 0.3) is 0 Å². The van der Waals surface area contributed by atoms with Crippen LogP contribution in [0.2, 0.25) is 0 Å². The topological polar surface area (TPSA) is 20.3 Å². The van der Waals surface area contributed by atoms with Crippen LogP contribution < -0.4 is 0 Å². The molecule has 0 heterocycles. The van der Waals surface area contributed by atoms with Crippen molar-refractivity contribution in [2.45, 2.75) is 25.8 Å². The highest BCUT2D eigenvalue weighted by atomic mass is 16.1. The van der Waals surface area contributed by atoms with Gasteiger partial charge in [0.15, 0.2) is 0 Å². The molecule has 0 aliphatic heterocycles. The number of hydrogen-bond donors (Lipinski definition) is 0. The molecule has 0 amide bonds. The lowest BCUT2D eigenvalue weighted by Gasteiger charge is -2.37. The summed E-state index contributed by atoms with van der Waals surface area (Å²) in [6.45, 7) is 2.04. The molecule has 0 aromatic heterocycles. The van der Waals surface area contributed by atoms with Crippen molar-refractivity contribution in [3.05, 3.63) is 12.2 Å². The van der Waals surface area contributed by atoms with Crippen LogP contribution in [-0.4, -0.2) is 31.3 Å². The molecular formula is C10H17NO. The zero-order chi connectivity index (χ0) is 9.19. The number of hydrogen-bond acceptors (Lipinski definition) is 2. The number of likely N-dealkylation sites (N-methyl/N-ethyl adjacent to an activating group) is 1. The fraction of sp³-hybridized carbons (Fsp3) is 0.700. The normalized spacial score (nSPS) is 35.5. The molecule has 0 aromatic carbocycles. The van der Waals surface area contributed by atoms with E-state index in [2.05, 4.69) is 17.1 Å². The Morgan fingerprint density at radius 3 is 2.67 bits per heavy atom. The smallest absolute Gasteiger partial charge is 0.127 e. The van der Waals surface area contributed by atoms with Gasteiger partial charge in [0.2, 0.25) is 0 Å². The van der Waals surface area contributed by atoms with E-state index in [1.807, 2.05) is 21.0 Å². The number of carbonyl (C=O) groups is 1. The van der Waals surface area contributed by atoms with E-state index in [-0.39, 0.29) is 11.5 Å². The van der Waals surface area contributed by atoms with Gasteiger partial charge in [0.1, 0.15) is 6.29 Å². The lowest BCUT2D eigenvalue weighted by Crippen LogP contribution is -2.44. The second-order valence-corrected chi connectivity index (χ2v) is 4.00. The van der Waals surface area contributed by atoms with Crippen LogP contribution in [0.4, 0.5) is 0 Å². The third-order valence-corrected chi connectivity index (χ3v) is 2.67. The minimum absolute atomic E-state index is 0.182.